The summed E-state index contributed by atoms with van der Waals surface area (Å²) in [5, 5.41) is 25.7. The molecule has 1 aliphatic heterocycles. The highest BCUT2D eigenvalue weighted by Crippen LogP contribution is 2.28. The molecule has 1 aromatic rings. The lowest BCUT2D eigenvalue weighted by Gasteiger charge is -2.26. The molecule has 2 unspecified atom stereocenters. The standard InChI is InChI=1S/C24H39FN6O9.2ClH/c1-4-11(2)16(29-19(34)12(3)28-21(36)14(27)7-5-6-8-26)23(37)39-10-15-17(32)18(33)22(40-15)31-9-13(25)20(35)30-24(31)38;;/h9,11-12,14-18,22,32-33H,4-8,10,26-27H2,1-3H3,(H,28,36)(H,29,34)(H,30,35,38);2*1H/t11-,12-,14-,15-,16-,17?,18?,22-;;/m0../s1. The Morgan fingerprint density at radius 3 is 2.38 bits per heavy atom. The Hall–Kier alpha value is -2.60. The van der Waals surface area contributed by atoms with Crippen molar-refractivity contribution in [1.29, 1.82) is 0 Å². The summed E-state index contributed by atoms with van der Waals surface area (Å²) in [7, 11) is 0. The molecule has 242 valence electrons. The molecule has 2 rings (SSSR count). The summed E-state index contributed by atoms with van der Waals surface area (Å²) in [4.78, 5) is 63.0. The number of H-pyrrole nitrogens is 1. The number of ether oxygens (including phenoxy) is 2. The Bertz CT molecular complexity index is 1160. The van der Waals surface area contributed by atoms with E-state index in [9.17, 15) is 38.6 Å². The second kappa shape index (κ2) is 18.1. The first-order chi connectivity index (χ1) is 18.8. The van der Waals surface area contributed by atoms with Gasteiger partial charge in [0.1, 0.15) is 37.0 Å². The summed E-state index contributed by atoms with van der Waals surface area (Å²) in [6.07, 6.45) is -3.49. The first-order valence-corrected chi connectivity index (χ1v) is 13.1. The average Bonchev–Trinajstić information content (AvgIpc) is 3.20. The lowest BCUT2D eigenvalue weighted by Crippen LogP contribution is -2.55. The Kier molecular flexibility index (Phi) is 17.0. The molecule has 2 amide bonds. The van der Waals surface area contributed by atoms with Crippen molar-refractivity contribution in [3.63, 3.8) is 0 Å². The third-order valence-electron chi connectivity index (χ3n) is 6.75. The molecule has 42 heavy (non-hydrogen) atoms. The molecular formula is C24H41Cl2FN6O9. The van der Waals surface area contributed by atoms with Crippen molar-refractivity contribution in [3.8, 4) is 0 Å². The molecule has 2 heterocycles. The number of carbonyl (C=O) groups excluding carboxylic acids is 3. The number of amides is 2. The van der Waals surface area contributed by atoms with Crippen LogP contribution in [0.3, 0.4) is 0 Å². The number of nitrogens with two attached hydrogens (primary N) is 2. The number of aliphatic hydroxyl groups excluding tert-OH is 2. The lowest BCUT2D eigenvalue weighted by molar-refractivity contribution is -0.155. The Morgan fingerprint density at radius 1 is 1.14 bits per heavy atom. The Balaban J connectivity index is 0.00000840. The second-order valence-electron chi connectivity index (χ2n) is 9.81. The van der Waals surface area contributed by atoms with Crippen molar-refractivity contribution in [2.45, 2.75) is 89.1 Å². The molecule has 15 nitrogen and oxygen atoms in total. The zero-order valence-electron chi connectivity index (χ0n) is 23.5. The highest BCUT2D eigenvalue weighted by atomic mass is 35.5. The van der Waals surface area contributed by atoms with Gasteiger partial charge in [0.15, 0.2) is 6.23 Å². The van der Waals surface area contributed by atoms with Crippen molar-refractivity contribution in [2.24, 2.45) is 17.4 Å². The van der Waals surface area contributed by atoms with Crippen molar-refractivity contribution < 1.29 is 38.5 Å². The monoisotopic (exact) mass is 646 g/mol. The van der Waals surface area contributed by atoms with Crippen LogP contribution in [0.5, 0.6) is 0 Å². The normalized spacial score (nSPS) is 22.5. The molecule has 9 N–H and O–H groups in total. The number of unbranched alkanes of at least 4 members (excludes halogenated alkanes) is 1. The van der Waals surface area contributed by atoms with Crippen LogP contribution in [0.25, 0.3) is 0 Å². The van der Waals surface area contributed by atoms with E-state index in [0.29, 0.717) is 43.0 Å². The molecule has 0 radical (unpaired) electrons. The van der Waals surface area contributed by atoms with Gasteiger partial charge in [-0.2, -0.15) is 4.39 Å². The summed E-state index contributed by atoms with van der Waals surface area (Å²) in [5.41, 5.74) is 8.94. The number of rotatable bonds is 14. The number of hydrogen-bond donors (Lipinski definition) is 7. The maximum absolute atomic E-state index is 13.7. The zero-order chi connectivity index (χ0) is 30.1. The van der Waals surface area contributed by atoms with E-state index in [-0.39, 0.29) is 24.8 Å². The van der Waals surface area contributed by atoms with E-state index in [1.807, 2.05) is 0 Å². The molecule has 1 aliphatic rings. The lowest BCUT2D eigenvalue weighted by atomic mass is 9.99. The van der Waals surface area contributed by atoms with Crippen LogP contribution < -0.4 is 33.3 Å². The van der Waals surface area contributed by atoms with Crippen molar-refractivity contribution in [3.05, 3.63) is 32.9 Å². The predicted molar refractivity (Wildman–Crippen MR) is 153 cm³/mol. The molecule has 0 aromatic carbocycles. The largest absolute Gasteiger partial charge is 0.461 e. The average molecular weight is 648 g/mol. The van der Waals surface area contributed by atoms with E-state index in [1.54, 1.807) is 18.8 Å². The van der Waals surface area contributed by atoms with Gasteiger partial charge in [-0.3, -0.25) is 23.9 Å². The minimum absolute atomic E-state index is 0. The van der Waals surface area contributed by atoms with Gasteiger partial charge < -0.3 is 41.8 Å². The summed E-state index contributed by atoms with van der Waals surface area (Å²) >= 11 is 0. The fourth-order valence-corrected chi connectivity index (χ4v) is 3.97. The predicted octanol–water partition coefficient (Wildman–Crippen LogP) is -1.83. The number of hydrogen-bond acceptors (Lipinski definition) is 11. The topological polar surface area (TPSA) is 241 Å². The molecule has 18 heteroatoms. The van der Waals surface area contributed by atoms with Crippen molar-refractivity contribution in [2.75, 3.05) is 13.2 Å². The smallest absolute Gasteiger partial charge is 0.330 e. The molecule has 0 spiro atoms. The van der Waals surface area contributed by atoms with Gasteiger partial charge in [-0.1, -0.05) is 26.7 Å². The van der Waals surface area contributed by atoms with Crippen LogP contribution in [-0.4, -0.2) is 87.1 Å². The zero-order valence-corrected chi connectivity index (χ0v) is 25.1. The highest BCUT2D eigenvalue weighted by Gasteiger charge is 2.45. The van der Waals surface area contributed by atoms with Gasteiger partial charge in [-0.25, -0.2) is 9.59 Å². The third kappa shape index (κ3) is 10.3. The van der Waals surface area contributed by atoms with E-state index < -0.39 is 90.0 Å². The summed E-state index contributed by atoms with van der Waals surface area (Å²) in [5.74, 6) is -3.76. The van der Waals surface area contributed by atoms with Crippen LogP contribution >= 0.6 is 24.8 Å². The SMILES string of the molecule is CC[C@H](C)[C@H](NC(=O)[C@H](C)NC(=O)[C@@H](N)CCCCN)C(=O)OC[C@@H]1O[C@H](n2cc(F)c(=O)[nH]c2=O)C(O)C1O.Cl.Cl. The second-order valence-corrected chi connectivity index (χ2v) is 9.81. The Labute approximate surface area is 253 Å². The number of aliphatic hydroxyl groups is 2. The highest BCUT2D eigenvalue weighted by molar-refractivity contribution is 5.91. The number of aromatic amines is 1. The van der Waals surface area contributed by atoms with E-state index >= 15 is 0 Å². The van der Waals surface area contributed by atoms with E-state index in [4.69, 9.17) is 20.9 Å². The van der Waals surface area contributed by atoms with Crippen molar-refractivity contribution in [1.82, 2.24) is 20.2 Å². The summed E-state index contributed by atoms with van der Waals surface area (Å²) in [6.45, 7) is 4.81. The quantitative estimate of drug-likeness (QED) is 0.0875. The molecule has 0 aliphatic carbocycles. The van der Waals surface area contributed by atoms with E-state index in [1.165, 1.54) is 6.92 Å². The van der Waals surface area contributed by atoms with Crippen LogP contribution in [0.15, 0.2) is 15.8 Å². The van der Waals surface area contributed by atoms with Crippen LogP contribution in [-0.2, 0) is 23.9 Å². The number of carbonyl (C=O) groups is 3. The number of halogens is 3. The maximum Gasteiger partial charge on any atom is 0.330 e. The number of esters is 1. The van der Waals surface area contributed by atoms with Gasteiger partial charge >= 0.3 is 11.7 Å². The maximum atomic E-state index is 13.7. The number of aromatic nitrogens is 2. The van der Waals surface area contributed by atoms with Crippen molar-refractivity contribution >= 4 is 42.6 Å². The van der Waals surface area contributed by atoms with Crippen LogP contribution in [0.1, 0.15) is 52.7 Å². The molecule has 1 saturated heterocycles. The summed E-state index contributed by atoms with van der Waals surface area (Å²) < 4.78 is 24.9. The molecule has 0 bridgehead atoms. The molecule has 0 saturated carbocycles. The first kappa shape index (κ1) is 39.4. The van der Waals surface area contributed by atoms with Gasteiger partial charge in [0.2, 0.25) is 17.6 Å². The van der Waals surface area contributed by atoms with Gasteiger partial charge in [0.05, 0.1) is 12.2 Å². The molecule has 8 atom stereocenters. The Morgan fingerprint density at radius 2 is 1.79 bits per heavy atom. The third-order valence-corrected chi connectivity index (χ3v) is 6.75. The van der Waals surface area contributed by atoms with Gasteiger partial charge in [0, 0.05) is 0 Å². The van der Waals surface area contributed by atoms with E-state index in [0.717, 1.165) is 0 Å². The minimum Gasteiger partial charge on any atom is -0.461 e. The molecule has 1 aromatic heterocycles. The summed E-state index contributed by atoms with van der Waals surface area (Å²) in [6, 6.07) is -2.97. The molecular weight excluding hydrogens is 606 g/mol. The van der Waals surface area contributed by atoms with E-state index in [2.05, 4.69) is 10.6 Å². The first-order valence-electron chi connectivity index (χ1n) is 13.1. The number of nitrogens with one attached hydrogen (secondary N) is 3. The van der Waals surface area contributed by atoms with Gasteiger partial charge in [-0.05, 0) is 32.2 Å². The van der Waals surface area contributed by atoms with Crippen LogP contribution in [0.2, 0.25) is 0 Å². The van der Waals surface area contributed by atoms with Gasteiger partial charge in [0.25, 0.3) is 5.56 Å². The fourth-order valence-electron chi connectivity index (χ4n) is 3.97. The fraction of sp³-hybridized carbons (Fsp3) is 0.708. The van der Waals surface area contributed by atoms with Crippen LogP contribution in [0, 0.1) is 11.7 Å². The number of nitrogens with zero attached hydrogens (tertiary/aromatic N) is 1. The van der Waals surface area contributed by atoms with Crippen LogP contribution in [0.4, 0.5) is 4.39 Å². The molecule has 1 fully saturated rings. The minimum atomic E-state index is -1.72. The van der Waals surface area contributed by atoms with Gasteiger partial charge in [-0.15, -0.1) is 24.8 Å².